The monoisotopic (exact) mass is 560 g/mol. The average molecular weight is 561 g/mol. The van der Waals surface area contributed by atoms with Crippen LogP contribution < -0.4 is 21.7 Å². The molecule has 0 aliphatic rings. The molecule has 0 spiro atoms. The van der Waals surface area contributed by atoms with Gasteiger partial charge < -0.3 is 42.0 Å². The van der Waals surface area contributed by atoms with Crippen molar-refractivity contribution in [3.63, 3.8) is 0 Å². The fourth-order valence-electron chi connectivity index (χ4n) is 3.86. The number of rotatable bonds is 16. The Morgan fingerprint density at radius 3 is 2.05 bits per heavy atom. The molecule has 4 unspecified atom stereocenters. The van der Waals surface area contributed by atoms with Gasteiger partial charge in [0.2, 0.25) is 17.7 Å². The van der Waals surface area contributed by atoms with E-state index in [1.165, 1.54) is 24.7 Å². The Hall–Kier alpha value is -4.46. The van der Waals surface area contributed by atoms with Gasteiger partial charge in [0.25, 0.3) is 0 Å². The van der Waals surface area contributed by atoms with Crippen molar-refractivity contribution in [3.05, 3.63) is 48.0 Å². The van der Waals surface area contributed by atoms with Gasteiger partial charge in [0.15, 0.2) is 0 Å². The lowest BCUT2D eigenvalue weighted by atomic mass is 10.0. The van der Waals surface area contributed by atoms with Crippen LogP contribution in [-0.4, -0.2) is 79.1 Å². The molecule has 2 rings (SSSR count). The molecule has 40 heavy (non-hydrogen) atoms. The number of aliphatic carboxylic acids is 2. The van der Waals surface area contributed by atoms with Gasteiger partial charge in [0.1, 0.15) is 23.9 Å². The predicted octanol–water partition coefficient (Wildman–Crippen LogP) is -0.322. The Labute approximate surface area is 230 Å². The van der Waals surface area contributed by atoms with Crippen molar-refractivity contribution in [1.29, 1.82) is 0 Å². The van der Waals surface area contributed by atoms with Crippen LogP contribution in [0, 0.1) is 5.92 Å². The van der Waals surface area contributed by atoms with E-state index in [-0.39, 0.29) is 37.4 Å². The van der Waals surface area contributed by atoms with Gasteiger partial charge in [-0.05, 0) is 42.9 Å². The van der Waals surface area contributed by atoms with Crippen LogP contribution in [0.25, 0.3) is 0 Å². The highest BCUT2D eigenvalue weighted by atomic mass is 16.4. The third kappa shape index (κ3) is 10.7. The first kappa shape index (κ1) is 31.8. The minimum absolute atomic E-state index is 0.0385. The molecule has 0 saturated carbocycles. The Balaban J connectivity index is 2.19. The number of phenolic OH excluding ortho intramolecular Hbond substituents is 1. The van der Waals surface area contributed by atoms with E-state index in [0.717, 1.165) is 0 Å². The molecule has 2 aromatic rings. The number of aromatic amines is 1. The Kier molecular flexibility index (Phi) is 12.1. The lowest BCUT2D eigenvalue weighted by Gasteiger charge is -2.25. The lowest BCUT2D eigenvalue weighted by Crippen LogP contribution is -2.58. The largest absolute Gasteiger partial charge is 0.508 e. The quantitative estimate of drug-likeness (QED) is 0.133. The Morgan fingerprint density at radius 2 is 1.50 bits per heavy atom. The number of H-pyrrole nitrogens is 1. The summed E-state index contributed by atoms with van der Waals surface area (Å²) in [5.41, 5.74) is 7.12. The van der Waals surface area contributed by atoms with E-state index in [9.17, 15) is 34.2 Å². The molecule has 0 fully saturated rings. The number of imidazole rings is 1. The fourth-order valence-corrected chi connectivity index (χ4v) is 3.86. The van der Waals surface area contributed by atoms with E-state index in [1.54, 1.807) is 26.0 Å². The number of nitrogens with zero attached hydrogens (tertiary/aromatic N) is 1. The van der Waals surface area contributed by atoms with Gasteiger partial charge >= 0.3 is 11.9 Å². The number of phenols is 1. The van der Waals surface area contributed by atoms with Crippen molar-refractivity contribution in [2.45, 2.75) is 70.1 Å². The predicted molar refractivity (Wildman–Crippen MR) is 142 cm³/mol. The summed E-state index contributed by atoms with van der Waals surface area (Å²) < 4.78 is 0. The number of amides is 3. The van der Waals surface area contributed by atoms with Crippen LogP contribution in [0.2, 0.25) is 0 Å². The van der Waals surface area contributed by atoms with Crippen molar-refractivity contribution in [3.8, 4) is 5.75 Å². The highest BCUT2D eigenvalue weighted by Crippen LogP contribution is 2.12. The molecule has 0 aliphatic carbocycles. The molecular formula is C26H36N6O8. The number of aromatic nitrogens is 2. The molecule has 4 atom stereocenters. The van der Waals surface area contributed by atoms with E-state index in [2.05, 4.69) is 25.9 Å². The molecular weight excluding hydrogens is 524 g/mol. The van der Waals surface area contributed by atoms with Gasteiger partial charge in [0, 0.05) is 24.7 Å². The normalized spacial score (nSPS) is 14.0. The molecule has 1 aromatic heterocycles. The lowest BCUT2D eigenvalue weighted by molar-refractivity contribution is -0.142. The maximum absolute atomic E-state index is 13.2. The Bertz CT molecular complexity index is 1150. The van der Waals surface area contributed by atoms with Gasteiger partial charge in [-0.25, -0.2) is 9.78 Å². The summed E-state index contributed by atoms with van der Waals surface area (Å²) >= 11 is 0. The molecule has 14 nitrogen and oxygen atoms in total. The van der Waals surface area contributed by atoms with Crippen LogP contribution in [0.4, 0.5) is 0 Å². The van der Waals surface area contributed by atoms with Crippen molar-refractivity contribution in [2.75, 3.05) is 0 Å². The number of carboxylic acid groups (broad SMARTS) is 2. The molecule has 0 aliphatic heterocycles. The van der Waals surface area contributed by atoms with Gasteiger partial charge in [-0.2, -0.15) is 0 Å². The highest BCUT2D eigenvalue weighted by Gasteiger charge is 2.31. The zero-order chi connectivity index (χ0) is 29.8. The number of hydrogen-bond acceptors (Lipinski definition) is 8. The Morgan fingerprint density at radius 1 is 0.900 bits per heavy atom. The molecule has 9 N–H and O–H groups in total. The van der Waals surface area contributed by atoms with Crippen molar-refractivity contribution in [2.24, 2.45) is 11.7 Å². The molecule has 3 amide bonds. The van der Waals surface area contributed by atoms with Crippen LogP contribution in [0.1, 0.15) is 44.4 Å². The number of aromatic hydroxyl groups is 1. The number of benzene rings is 1. The maximum atomic E-state index is 13.2. The highest BCUT2D eigenvalue weighted by molar-refractivity contribution is 5.94. The molecule has 1 aromatic carbocycles. The van der Waals surface area contributed by atoms with Crippen LogP contribution in [0.5, 0.6) is 5.75 Å². The maximum Gasteiger partial charge on any atom is 0.326 e. The summed E-state index contributed by atoms with van der Waals surface area (Å²) in [7, 11) is 0. The summed E-state index contributed by atoms with van der Waals surface area (Å²) in [4.78, 5) is 68.7. The fraction of sp³-hybridized carbons (Fsp3) is 0.462. The first-order valence-corrected chi connectivity index (χ1v) is 12.7. The van der Waals surface area contributed by atoms with Gasteiger partial charge in [0.05, 0.1) is 12.4 Å². The third-order valence-electron chi connectivity index (χ3n) is 5.94. The van der Waals surface area contributed by atoms with Crippen LogP contribution in [-0.2, 0) is 36.8 Å². The number of carbonyl (C=O) groups excluding carboxylic acids is 3. The summed E-state index contributed by atoms with van der Waals surface area (Å²) in [5.74, 6) is -4.78. The van der Waals surface area contributed by atoms with Gasteiger partial charge in [-0.1, -0.05) is 26.0 Å². The van der Waals surface area contributed by atoms with Crippen LogP contribution >= 0.6 is 0 Å². The summed E-state index contributed by atoms with van der Waals surface area (Å²) in [6.45, 7) is 3.60. The average Bonchev–Trinajstić information content (AvgIpc) is 3.39. The standard InChI is InChI=1S/C26H36N6O8/c1-14(2)9-21(26(39)40)32-25(38)20(11-16-12-28-13-29-16)31-24(37)19(7-8-22(34)35)30-23(36)18(27)10-15-3-5-17(33)6-4-15/h3-6,12-14,18-21,33H,7-11,27H2,1-2H3,(H,28,29)(H,30,36)(H,31,37)(H,32,38)(H,34,35)(H,39,40). The summed E-state index contributed by atoms with van der Waals surface area (Å²) in [6.07, 6.45) is 2.21. The van der Waals surface area contributed by atoms with E-state index < -0.39 is 60.2 Å². The number of nitrogens with two attached hydrogens (primary N) is 1. The molecule has 0 radical (unpaired) electrons. The first-order valence-electron chi connectivity index (χ1n) is 12.7. The van der Waals surface area contributed by atoms with E-state index in [0.29, 0.717) is 11.3 Å². The summed E-state index contributed by atoms with van der Waals surface area (Å²) in [6, 6.07) is 1.12. The number of carboxylic acids is 2. The van der Waals surface area contributed by atoms with Gasteiger partial charge in [-0.3, -0.25) is 19.2 Å². The minimum Gasteiger partial charge on any atom is -0.508 e. The second kappa shape index (κ2) is 15.2. The van der Waals surface area contributed by atoms with E-state index in [4.69, 9.17) is 10.8 Å². The van der Waals surface area contributed by atoms with Crippen molar-refractivity contribution < 1.29 is 39.3 Å². The summed E-state index contributed by atoms with van der Waals surface area (Å²) in [5, 5.41) is 35.5. The SMILES string of the molecule is CC(C)CC(NC(=O)C(Cc1cnc[nH]1)NC(=O)C(CCC(=O)O)NC(=O)C(N)Cc1ccc(O)cc1)C(=O)O. The molecule has 14 heteroatoms. The molecule has 0 saturated heterocycles. The first-order chi connectivity index (χ1) is 18.8. The van der Waals surface area contributed by atoms with Crippen LogP contribution in [0.15, 0.2) is 36.8 Å². The topological polar surface area (TPSA) is 237 Å². The third-order valence-corrected chi connectivity index (χ3v) is 5.94. The smallest absolute Gasteiger partial charge is 0.326 e. The van der Waals surface area contributed by atoms with Crippen molar-refractivity contribution >= 4 is 29.7 Å². The molecule has 1 heterocycles. The number of hydrogen-bond donors (Lipinski definition) is 8. The van der Waals surface area contributed by atoms with Gasteiger partial charge in [-0.15, -0.1) is 0 Å². The van der Waals surface area contributed by atoms with Crippen molar-refractivity contribution in [1.82, 2.24) is 25.9 Å². The van der Waals surface area contributed by atoms with Crippen LogP contribution in [0.3, 0.4) is 0 Å². The molecule has 218 valence electrons. The van der Waals surface area contributed by atoms with E-state index in [1.807, 2.05) is 0 Å². The second-order valence-corrected chi connectivity index (χ2v) is 9.84. The second-order valence-electron chi connectivity index (χ2n) is 9.84. The zero-order valence-corrected chi connectivity index (χ0v) is 22.3. The zero-order valence-electron chi connectivity index (χ0n) is 22.3. The number of carbonyl (C=O) groups is 5. The number of nitrogens with one attached hydrogen (secondary N) is 4. The van der Waals surface area contributed by atoms with E-state index >= 15 is 0 Å². The minimum atomic E-state index is -1.35. The molecule has 0 bridgehead atoms.